The van der Waals surface area contributed by atoms with Gasteiger partial charge in [-0.3, -0.25) is 4.79 Å². The zero-order valence-electron chi connectivity index (χ0n) is 16.9. The van der Waals surface area contributed by atoms with Crippen LogP contribution in [0.5, 0.6) is 0 Å². The third-order valence-electron chi connectivity index (χ3n) is 4.55. The Balaban J connectivity index is 1.50. The van der Waals surface area contributed by atoms with Crippen molar-refractivity contribution in [2.24, 2.45) is 4.99 Å². The Morgan fingerprint density at radius 3 is 2.60 bits per heavy atom. The lowest BCUT2D eigenvalue weighted by atomic mass is 10.2. The SMILES string of the molecule is CCNC(=NCc1ccc(N2CCCC2=O)cc1)NCCNS(=O)(=O)c1cccs1. The molecule has 1 saturated heterocycles. The number of anilines is 1. The highest BCUT2D eigenvalue weighted by Crippen LogP contribution is 2.21. The molecule has 3 rings (SSSR count). The largest absolute Gasteiger partial charge is 0.357 e. The lowest BCUT2D eigenvalue weighted by Crippen LogP contribution is -2.41. The van der Waals surface area contributed by atoms with Crippen LogP contribution in [0.25, 0.3) is 0 Å². The number of nitrogens with one attached hydrogen (secondary N) is 3. The highest BCUT2D eigenvalue weighted by Gasteiger charge is 2.21. The van der Waals surface area contributed by atoms with Gasteiger partial charge >= 0.3 is 0 Å². The van der Waals surface area contributed by atoms with Crippen molar-refractivity contribution in [3.63, 3.8) is 0 Å². The number of guanidine groups is 1. The molecule has 1 amide bonds. The summed E-state index contributed by atoms with van der Waals surface area (Å²) in [6.07, 6.45) is 1.53. The Morgan fingerprint density at radius 2 is 1.97 bits per heavy atom. The quantitative estimate of drug-likeness (QED) is 0.308. The van der Waals surface area contributed by atoms with Crippen molar-refractivity contribution in [2.75, 3.05) is 31.1 Å². The first-order valence-electron chi connectivity index (χ1n) is 9.94. The molecule has 0 aliphatic carbocycles. The molecule has 1 aliphatic rings. The number of nitrogens with zero attached hydrogens (tertiary/aromatic N) is 2. The summed E-state index contributed by atoms with van der Waals surface area (Å²) in [5.74, 6) is 0.792. The van der Waals surface area contributed by atoms with Gasteiger partial charge in [-0.2, -0.15) is 0 Å². The number of carbonyl (C=O) groups is 1. The van der Waals surface area contributed by atoms with E-state index in [1.165, 1.54) is 11.3 Å². The van der Waals surface area contributed by atoms with Gasteiger partial charge in [-0.05, 0) is 42.5 Å². The Morgan fingerprint density at radius 1 is 1.17 bits per heavy atom. The number of benzene rings is 1. The van der Waals surface area contributed by atoms with Crippen LogP contribution in [0, 0.1) is 0 Å². The van der Waals surface area contributed by atoms with Crippen LogP contribution < -0.4 is 20.3 Å². The van der Waals surface area contributed by atoms with Gasteiger partial charge in [-0.15, -0.1) is 11.3 Å². The number of aliphatic imine (C=N–C) groups is 1. The van der Waals surface area contributed by atoms with Gasteiger partial charge in [0.15, 0.2) is 5.96 Å². The van der Waals surface area contributed by atoms with Crippen LogP contribution in [0.15, 0.2) is 51.0 Å². The average Bonchev–Trinajstić information content (AvgIpc) is 3.42. The van der Waals surface area contributed by atoms with Crippen molar-refractivity contribution < 1.29 is 13.2 Å². The fourth-order valence-electron chi connectivity index (χ4n) is 3.07. The molecule has 2 aromatic rings. The minimum absolute atomic E-state index is 0.175. The van der Waals surface area contributed by atoms with E-state index in [0.29, 0.717) is 36.2 Å². The van der Waals surface area contributed by atoms with Gasteiger partial charge in [0.2, 0.25) is 15.9 Å². The van der Waals surface area contributed by atoms with E-state index in [2.05, 4.69) is 20.3 Å². The summed E-state index contributed by atoms with van der Waals surface area (Å²) in [4.78, 5) is 18.2. The number of carbonyl (C=O) groups excluding carboxylic acids is 1. The summed E-state index contributed by atoms with van der Waals surface area (Å²) in [6.45, 7) is 4.59. The molecule has 0 radical (unpaired) electrons. The first-order chi connectivity index (χ1) is 14.5. The van der Waals surface area contributed by atoms with Crippen LogP contribution in [0.4, 0.5) is 5.69 Å². The van der Waals surface area contributed by atoms with Gasteiger partial charge in [0.05, 0.1) is 6.54 Å². The van der Waals surface area contributed by atoms with Crippen LogP contribution in [0.3, 0.4) is 0 Å². The number of amides is 1. The van der Waals surface area contributed by atoms with Crippen LogP contribution >= 0.6 is 11.3 Å². The maximum absolute atomic E-state index is 12.1. The molecule has 2 heterocycles. The summed E-state index contributed by atoms with van der Waals surface area (Å²) in [7, 11) is -3.46. The lowest BCUT2D eigenvalue weighted by molar-refractivity contribution is -0.117. The Bertz CT molecular complexity index is 957. The minimum Gasteiger partial charge on any atom is -0.357 e. The van der Waals surface area contributed by atoms with Crippen molar-refractivity contribution >= 4 is 38.9 Å². The summed E-state index contributed by atoms with van der Waals surface area (Å²) in [5, 5.41) is 8.02. The predicted octanol–water partition coefficient (Wildman–Crippen LogP) is 1.91. The molecule has 0 unspecified atom stereocenters. The molecule has 162 valence electrons. The van der Waals surface area contributed by atoms with Gasteiger partial charge in [-0.1, -0.05) is 18.2 Å². The fraction of sp³-hybridized carbons (Fsp3) is 0.400. The number of hydrogen-bond donors (Lipinski definition) is 3. The topological polar surface area (TPSA) is 103 Å². The van der Waals surface area contributed by atoms with Crippen molar-refractivity contribution in [1.82, 2.24) is 15.4 Å². The molecule has 0 saturated carbocycles. The standard InChI is InChI=1S/C20H27N5O3S2/c1-2-21-20(22-11-12-24-30(27,28)19-6-4-14-29-19)23-15-16-7-9-17(10-8-16)25-13-3-5-18(25)26/h4,6-10,14,24H,2-3,5,11-13,15H2,1H3,(H2,21,22,23). The molecule has 1 aromatic heterocycles. The number of thiophene rings is 1. The molecular weight excluding hydrogens is 422 g/mol. The van der Waals surface area contributed by atoms with Gasteiger partial charge in [-0.25, -0.2) is 18.1 Å². The molecule has 30 heavy (non-hydrogen) atoms. The number of rotatable bonds is 9. The van der Waals surface area contributed by atoms with E-state index in [1.807, 2.05) is 36.1 Å². The molecule has 8 nitrogen and oxygen atoms in total. The summed E-state index contributed by atoms with van der Waals surface area (Å²) >= 11 is 1.19. The second kappa shape index (κ2) is 10.6. The first kappa shape index (κ1) is 22.3. The maximum atomic E-state index is 12.1. The van der Waals surface area contributed by atoms with Crippen molar-refractivity contribution in [3.05, 3.63) is 47.3 Å². The normalized spacial score (nSPS) is 14.9. The van der Waals surface area contributed by atoms with E-state index in [0.717, 1.165) is 24.2 Å². The summed E-state index contributed by atoms with van der Waals surface area (Å²) in [5.41, 5.74) is 1.95. The monoisotopic (exact) mass is 449 g/mol. The maximum Gasteiger partial charge on any atom is 0.250 e. The van der Waals surface area contributed by atoms with Crippen LogP contribution in [0.1, 0.15) is 25.3 Å². The fourth-order valence-corrected chi connectivity index (χ4v) is 5.14. The second-order valence-electron chi connectivity index (χ2n) is 6.77. The van der Waals surface area contributed by atoms with Crippen molar-refractivity contribution in [3.8, 4) is 0 Å². The molecule has 0 spiro atoms. The van der Waals surface area contributed by atoms with Crippen LogP contribution in [-0.2, 0) is 21.4 Å². The van der Waals surface area contributed by atoms with E-state index < -0.39 is 10.0 Å². The molecular formula is C20H27N5O3S2. The third kappa shape index (κ3) is 6.04. The van der Waals surface area contributed by atoms with E-state index in [9.17, 15) is 13.2 Å². The number of hydrogen-bond acceptors (Lipinski definition) is 5. The highest BCUT2D eigenvalue weighted by molar-refractivity contribution is 7.91. The lowest BCUT2D eigenvalue weighted by Gasteiger charge is -2.16. The molecule has 0 bridgehead atoms. The van der Waals surface area contributed by atoms with Gasteiger partial charge in [0.1, 0.15) is 4.21 Å². The van der Waals surface area contributed by atoms with Crippen LogP contribution in [0.2, 0.25) is 0 Å². The van der Waals surface area contributed by atoms with Crippen molar-refractivity contribution in [1.29, 1.82) is 0 Å². The Hall–Kier alpha value is -2.43. The Labute approximate surface area is 181 Å². The summed E-state index contributed by atoms with van der Waals surface area (Å²) < 4.78 is 27.1. The van der Waals surface area contributed by atoms with Gasteiger partial charge in [0, 0.05) is 38.3 Å². The van der Waals surface area contributed by atoms with E-state index in [4.69, 9.17) is 0 Å². The zero-order valence-corrected chi connectivity index (χ0v) is 18.6. The minimum atomic E-state index is -3.46. The molecule has 0 atom stereocenters. The smallest absolute Gasteiger partial charge is 0.250 e. The van der Waals surface area contributed by atoms with Crippen LogP contribution in [-0.4, -0.2) is 46.5 Å². The molecule has 1 aliphatic heterocycles. The zero-order chi connectivity index (χ0) is 21.4. The summed E-state index contributed by atoms with van der Waals surface area (Å²) in [6, 6.07) is 11.1. The predicted molar refractivity (Wildman–Crippen MR) is 120 cm³/mol. The van der Waals surface area contributed by atoms with E-state index in [-0.39, 0.29) is 12.5 Å². The second-order valence-corrected chi connectivity index (χ2v) is 9.71. The highest BCUT2D eigenvalue weighted by atomic mass is 32.2. The molecule has 10 heteroatoms. The number of sulfonamides is 1. The Kier molecular flexibility index (Phi) is 7.83. The molecule has 1 fully saturated rings. The van der Waals surface area contributed by atoms with Gasteiger partial charge in [0.25, 0.3) is 0 Å². The average molecular weight is 450 g/mol. The van der Waals surface area contributed by atoms with E-state index >= 15 is 0 Å². The molecule has 1 aromatic carbocycles. The third-order valence-corrected chi connectivity index (χ3v) is 7.41. The first-order valence-corrected chi connectivity index (χ1v) is 12.3. The van der Waals surface area contributed by atoms with Crippen molar-refractivity contribution in [2.45, 2.75) is 30.5 Å². The molecule has 3 N–H and O–H groups in total. The van der Waals surface area contributed by atoms with Gasteiger partial charge < -0.3 is 15.5 Å². The van der Waals surface area contributed by atoms with E-state index in [1.54, 1.807) is 17.5 Å².